The van der Waals surface area contributed by atoms with Crippen LogP contribution in [0.3, 0.4) is 0 Å². The average Bonchev–Trinajstić information content (AvgIpc) is 2.75. The Bertz CT molecular complexity index is 365. The van der Waals surface area contributed by atoms with Gasteiger partial charge in [0.15, 0.2) is 0 Å². The Hall–Kier alpha value is -0.290. The first-order valence-corrected chi connectivity index (χ1v) is 7.47. The minimum Gasteiger partial charge on any atom is -0.370 e. The van der Waals surface area contributed by atoms with E-state index in [2.05, 4.69) is 70.9 Å². The molecular formula is C14H21IN2. The first-order chi connectivity index (χ1) is 8.16. The van der Waals surface area contributed by atoms with Crippen molar-refractivity contribution in [2.24, 2.45) is 5.92 Å². The van der Waals surface area contributed by atoms with Crippen molar-refractivity contribution in [3.05, 3.63) is 27.8 Å². The van der Waals surface area contributed by atoms with Gasteiger partial charge in [0.25, 0.3) is 0 Å². The summed E-state index contributed by atoms with van der Waals surface area (Å²) in [6, 6.07) is 9.27. The molecule has 1 heterocycles. The maximum atomic E-state index is 3.55. The zero-order chi connectivity index (χ0) is 12.3. The van der Waals surface area contributed by atoms with Gasteiger partial charge in [0.05, 0.1) is 5.69 Å². The maximum Gasteiger partial charge on any atom is 0.0501 e. The Balaban J connectivity index is 1.92. The molecule has 1 aromatic rings. The summed E-state index contributed by atoms with van der Waals surface area (Å²) < 4.78 is 1.36. The van der Waals surface area contributed by atoms with Gasteiger partial charge < -0.3 is 10.2 Å². The highest BCUT2D eigenvalue weighted by atomic mass is 127. The summed E-state index contributed by atoms with van der Waals surface area (Å²) in [6.45, 7) is 7.97. The summed E-state index contributed by atoms with van der Waals surface area (Å²) in [4.78, 5) is 2.52. The zero-order valence-electron chi connectivity index (χ0n) is 10.6. The Morgan fingerprint density at radius 1 is 1.41 bits per heavy atom. The van der Waals surface area contributed by atoms with Crippen LogP contribution in [0.5, 0.6) is 0 Å². The molecule has 3 heteroatoms. The van der Waals surface area contributed by atoms with Crippen LogP contribution in [0.25, 0.3) is 0 Å². The molecule has 1 saturated heterocycles. The Morgan fingerprint density at radius 2 is 2.18 bits per heavy atom. The van der Waals surface area contributed by atoms with E-state index < -0.39 is 0 Å². The van der Waals surface area contributed by atoms with E-state index in [1.54, 1.807) is 0 Å². The van der Waals surface area contributed by atoms with Crippen LogP contribution in [0.15, 0.2) is 24.3 Å². The van der Waals surface area contributed by atoms with E-state index in [1.165, 1.54) is 28.8 Å². The predicted molar refractivity (Wildman–Crippen MR) is 82.6 cm³/mol. The Kier molecular flexibility index (Phi) is 4.68. The second kappa shape index (κ2) is 6.05. The standard InChI is InChI=1S/C14H21IN2/c1-11(2)16-9-12-7-8-17(10-12)14-6-4-3-5-13(14)15/h3-6,11-12,16H,7-10H2,1-2H3. The van der Waals surface area contributed by atoms with Gasteiger partial charge in [-0.15, -0.1) is 0 Å². The van der Waals surface area contributed by atoms with Gasteiger partial charge in [-0.3, -0.25) is 0 Å². The number of hydrogen-bond acceptors (Lipinski definition) is 2. The lowest BCUT2D eigenvalue weighted by atomic mass is 10.1. The quantitative estimate of drug-likeness (QED) is 0.845. The summed E-state index contributed by atoms with van der Waals surface area (Å²) in [7, 11) is 0. The topological polar surface area (TPSA) is 15.3 Å². The largest absolute Gasteiger partial charge is 0.370 e. The molecule has 0 spiro atoms. The van der Waals surface area contributed by atoms with E-state index >= 15 is 0 Å². The molecule has 2 rings (SSSR count). The summed E-state index contributed by atoms with van der Waals surface area (Å²) in [5.74, 6) is 0.799. The van der Waals surface area contributed by atoms with Crippen LogP contribution >= 0.6 is 22.6 Å². The number of anilines is 1. The number of hydrogen-bond donors (Lipinski definition) is 1. The lowest BCUT2D eigenvalue weighted by Crippen LogP contribution is -2.30. The highest BCUT2D eigenvalue weighted by Gasteiger charge is 2.23. The third kappa shape index (κ3) is 3.58. The molecule has 0 aliphatic carbocycles. The first-order valence-electron chi connectivity index (χ1n) is 6.39. The van der Waals surface area contributed by atoms with Crippen molar-refractivity contribution in [1.82, 2.24) is 5.32 Å². The second-order valence-corrected chi connectivity index (χ2v) is 6.28. The van der Waals surface area contributed by atoms with Gasteiger partial charge in [0, 0.05) is 22.7 Å². The summed E-state index contributed by atoms with van der Waals surface area (Å²) in [5.41, 5.74) is 1.40. The summed E-state index contributed by atoms with van der Waals surface area (Å²) in [5, 5.41) is 3.55. The molecule has 0 bridgehead atoms. The number of nitrogens with one attached hydrogen (secondary N) is 1. The molecule has 0 aromatic heterocycles. The van der Waals surface area contributed by atoms with Crippen molar-refractivity contribution in [2.45, 2.75) is 26.3 Å². The van der Waals surface area contributed by atoms with E-state index in [9.17, 15) is 0 Å². The van der Waals surface area contributed by atoms with Gasteiger partial charge in [-0.05, 0) is 53.6 Å². The minimum atomic E-state index is 0.598. The number of halogens is 1. The highest BCUT2D eigenvalue weighted by Crippen LogP contribution is 2.27. The third-order valence-corrected chi connectivity index (χ3v) is 4.21. The second-order valence-electron chi connectivity index (χ2n) is 5.12. The van der Waals surface area contributed by atoms with Crippen LogP contribution in [0.4, 0.5) is 5.69 Å². The first kappa shape index (κ1) is 13.1. The fourth-order valence-electron chi connectivity index (χ4n) is 2.33. The van der Waals surface area contributed by atoms with E-state index in [1.807, 2.05) is 0 Å². The zero-order valence-corrected chi connectivity index (χ0v) is 12.8. The molecule has 1 N–H and O–H groups in total. The van der Waals surface area contributed by atoms with Crippen molar-refractivity contribution in [2.75, 3.05) is 24.5 Å². The van der Waals surface area contributed by atoms with E-state index in [0.717, 1.165) is 12.5 Å². The molecule has 1 fully saturated rings. The summed E-state index contributed by atoms with van der Waals surface area (Å²) >= 11 is 2.43. The molecule has 1 aromatic carbocycles. The third-order valence-electron chi connectivity index (χ3n) is 3.29. The van der Waals surface area contributed by atoms with E-state index in [0.29, 0.717) is 6.04 Å². The molecular weight excluding hydrogens is 323 g/mol. The number of rotatable bonds is 4. The SMILES string of the molecule is CC(C)NCC1CCN(c2ccccc2I)C1. The molecule has 1 atom stereocenters. The van der Waals surface area contributed by atoms with Gasteiger partial charge in [0.2, 0.25) is 0 Å². The molecule has 0 saturated carbocycles. The smallest absolute Gasteiger partial charge is 0.0501 e. The summed E-state index contributed by atoms with van der Waals surface area (Å²) in [6.07, 6.45) is 1.31. The van der Waals surface area contributed by atoms with Crippen molar-refractivity contribution in [3.8, 4) is 0 Å². The van der Waals surface area contributed by atoms with Gasteiger partial charge in [-0.1, -0.05) is 26.0 Å². The molecule has 94 valence electrons. The molecule has 1 unspecified atom stereocenters. The number of nitrogens with zero attached hydrogens (tertiary/aromatic N) is 1. The van der Waals surface area contributed by atoms with E-state index in [4.69, 9.17) is 0 Å². The Labute approximate surface area is 118 Å². The highest BCUT2D eigenvalue weighted by molar-refractivity contribution is 14.1. The predicted octanol–water partition coefficient (Wildman–Crippen LogP) is 3.12. The van der Waals surface area contributed by atoms with Crippen LogP contribution < -0.4 is 10.2 Å². The molecule has 0 amide bonds. The minimum absolute atomic E-state index is 0.598. The van der Waals surface area contributed by atoms with Gasteiger partial charge in [-0.2, -0.15) is 0 Å². The van der Waals surface area contributed by atoms with Crippen LogP contribution in [0, 0.1) is 9.49 Å². The van der Waals surface area contributed by atoms with Gasteiger partial charge in [-0.25, -0.2) is 0 Å². The molecule has 0 radical (unpaired) electrons. The molecule has 17 heavy (non-hydrogen) atoms. The van der Waals surface area contributed by atoms with Crippen molar-refractivity contribution in [3.63, 3.8) is 0 Å². The van der Waals surface area contributed by atoms with Crippen LogP contribution in [-0.2, 0) is 0 Å². The lowest BCUT2D eigenvalue weighted by Gasteiger charge is -2.20. The van der Waals surface area contributed by atoms with Crippen molar-refractivity contribution in [1.29, 1.82) is 0 Å². The fourth-order valence-corrected chi connectivity index (χ4v) is 3.06. The molecule has 1 aliphatic heterocycles. The Morgan fingerprint density at radius 3 is 2.88 bits per heavy atom. The van der Waals surface area contributed by atoms with Crippen molar-refractivity contribution >= 4 is 28.3 Å². The normalized spacial score (nSPS) is 20.2. The van der Waals surface area contributed by atoms with Crippen LogP contribution in [-0.4, -0.2) is 25.7 Å². The molecule has 1 aliphatic rings. The fraction of sp³-hybridized carbons (Fsp3) is 0.571. The average molecular weight is 344 g/mol. The van der Waals surface area contributed by atoms with E-state index in [-0.39, 0.29) is 0 Å². The number of para-hydroxylation sites is 1. The maximum absolute atomic E-state index is 3.55. The van der Waals surface area contributed by atoms with Crippen molar-refractivity contribution < 1.29 is 0 Å². The monoisotopic (exact) mass is 344 g/mol. The van der Waals surface area contributed by atoms with Crippen LogP contribution in [0.1, 0.15) is 20.3 Å². The lowest BCUT2D eigenvalue weighted by molar-refractivity contribution is 0.480. The van der Waals surface area contributed by atoms with Crippen LogP contribution in [0.2, 0.25) is 0 Å². The number of benzene rings is 1. The molecule has 2 nitrogen and oxygen atoms in total. The van der Waals surface area contributed by atoms with Gasteiger partial charge >= 0.3 is 0 Å². The van der Waals surface area contributed by atoms with Gasteiger partial charge in [0.1, 0.15) is 0 Å².